The zero-order valence-electron chi connectivity index (χ0n) is 9.98. The smallest absolute Gasteiger partial charge is 0.0473 e. The second-order valence-corrected chi connectivity index (χ2v) is 1.82. The highest BCUT2D eigenvalue weighted by Crippen LogP contribution is 1.76. The van der Waals surface area contributed by atoms with Gasteiger partial charge in [-0.15, -0.1) is 13.2 Å². The van der Waals surface area contributed by atoms with Crippen LogP contribution in [0.5, 0.6) is 0 Å². The Balaban J connectivity index is -0.0000000368. The first-order valence-electron chi connectivity index (χ1n) is 4.89. The monoisotopic (exact) mass is 172 g/mol. The fourth-order valence-electron chi connectivity index (χ4n) is 0. The zero-order valence-corrected chi connectivity index (χ0v) is 9.98. The summed E-state index contributed by atoms with van der Waals surface area (Å²) >= 11 is 0. The predicted molar refractivity (Wildman–Crippen MR) is 63.7 cm³/mol. The average Bonchev–Trinajstić information content (AvgIpc) is 2.10. The second-order valence-electron chi connectivity index (χ2n) is 1.82. The van der Waals surface area contributed by atoms with E-state index in [-0.39, 0.29) is 0 Å². The van der Waals surface area contributed by atoms with E-state index < -0.39 is 0 Å². The number of unbranched alkanes of at least 4 members (excludes halogenated alkanes) is 1. The maximum atomic E-state index is 3.36. The lowest BCUT2D eigenvalue weighted by Gasteiger charge is -1.68. The Morgan fingerprint density at radius 3 is 0.917 bits per heavy atom. The lowest BCUT2D eigenvalue weighted by atomic mass is 10.4. The molecule has 0 spiro atoms. The van der Waals surface area contributed by atoms with Crippen molar-refractivity contribution in [3.05, 3.63) is 25.3 Å². The van der Waals surface area contributed by atoms with Crippen LogP contribution in [0.2, 0.25) is 0 Å². The van der Waals surface area contributed by atoms with Gasteiger partial charge in [-0.2, -0.15) is 0 Å². The largest absolute Gasteiger partial charge is 0.103 e. The van der Waals surface area contributed by atoms with Crippen LogP contribution in [0.4, 0.5) is 0 Å². The summed E-state index contributed by atoms with van der Waals surface area (Å²) in [5.41, 5.74) is 0. The summed E-state index contributed by atoms with van der Waals surface area (Å²) in [6, 6.07) is 0. The van der Waals surface area contributed by atoms with E-state index in [4.69, 9.17) is 0 Å². The van der Waals surface area contributed by atoms with Gasteiger partial charge in [-0.05, 0) is 13.8 Å². The molecule has 0 atom stereocenters. The molecule has 0 saturated heterocycles. The molecule has 0 aliphatic heterocycles. The summed E-state index contributed by atoms with van der Waals surface area (Å²) in [7, 11) is 0. The van der Waals surface area contributed by atoms with Crippen molar-refractivity contribution in [2.75, 3.05) is 0 Å². The van der Waals surface area contributed by atoms with Crippen molar-refractivity contribution in [2.45, 2.75) is 54.4 Å². The molecule has 76 valence electrons. The van der Waals surface area contributed by atoms with Crippen LogP contribution in [0.15, 0.2) is 25.3 Å². The first kappa shape index (κ1) is 22.5. The molecule has 12 heavy (non-hydrogen) atoms. The quantitative estimate of drug-likeness (QED) is 0.476. The van der Waals surface area contributed by atoms with Crippen LogP contribution in [0, 0.1) is 0 Å². The predicted octanol–water partition coefficient (Wildman–Crippen LogP) is 5.22. The summed E-state index contributed by atoms with van der Waals surface area (Å²) in [6.45, 7) is 18.9. The summed E-state index contributed by atoms with van der Waals surface area (Å²) in [6.07, 6.45) is 6.14. The molecule has 0 nitrogen and oxygen atoms in total. The number of rotatable bonds is 1. The Morgan fingerprint density at radius 1 is 0.833 bits per heavy atom. The van der Waals surface area contributed by atoms with Gasteiger partial charge in [-0.1, -0.05) is 52.7 Å². The molecule has 0 bridgehead atoms. The van der Waals surface area contributed by atoms with Crippen molar-refractivity contribution in [3.8, 4) is 0 Å². The van der Waals surface area contributed by atoms with Crippen LogP contribution < -0.4 is 0 Å². The van der Waals surface area contributed by atoms with Crippen molar-refractivity contribution < 1.29 is 0 Å². The van der Waals surface area contributed by atoms with Crippen molar-refractivity contribution in [2.24, 2.45) is 0 Å². The maximum Gasteiger partial charge on any atom is -0.0473 e. The van der Waals surface area contributed by atoms with Crippen molar-refractivity contribution >= 4 is 0 Å². The fourth-order valence-corrected chi connectivity index (χ4v) is 0. The minimum absolute atomic E-state index is 1.32. The van der Waals surface area contributed by atoms with Crippen molar-refractivity contribution in [1.82, 2.24) is 0 Å². The molecule has 0 aromatic carbocycles. The summed E-state index contributed by atoms with van der Waals surface area (Å²) in [5.74, 6) is 0. The third-order valence-electron chi connectivity index (χ3n) is 0.500. The molecule has 0 heterocycles. The Morgan fingerprint density at radius 2 is 0.917 bits per heavy atom. The van der Waals surface area contributed by atoms with Crippen LogP contribution >= 0.6 is 0 Å². The van der Waals surface area contributed by atoms with Crippen LogP contribution in [-0.2, 0) is 0 Å². The Labute approximate surface area is 80.4 Å². The van der Waals surface area contributed by atoms with E-state index in [9.17, 15) is 0 Å². The van der Waals surface area contributed by atoms with Gasteiger partial charge in [-0.25, -0.2) is 0 Å². The van der Waals surface area contributed by atoms with Gasteiger partial charge in [-0.3, -0.25) is 0 Å². The minimum atomic E-state index is 1.32. The van der Waals surface area contributed by atoms with Gasteiger partial charge in [0, 0.05) is 0 Å². The third kappa shape index (κ3) is 2960. The van der Waals surface area contributed by atoms with E-state index >= 15 is 0 Å². The lowest BCUT2D eigenvalue weighted by molar-refractivity contribution is 0.886. The molecule has 0 rings (SSSR count). The Bertz CT molecular complexity index is 36.0. The molecule has 0 aliphatic rings. The Hall–Kier alpha value is -0.520. The van der Waals surface area contributed by atoms with Gasteiger partial charge in [0.2, 0.25) is 0 Å². The van der Waals surface area contributed by atoms with E-state index in [0.29, 0.717) is 0 Å². The van der Waals surface area contributed by atoms with E-state index in [1.165, 1.54) is 12.8 Å². The van der Waals surface area contributed by atoms with Gasteiger partial charge < -0.3 is 0 Å². The van der Waals surface area contributed by atoms with Gasteiger partial charge in [0.05, 0.1) is 0 Å². The highest BCUT2D eigenvalue weighted by molar-refractivity contribution is 4.51. The van der Waals surface area contributed by atoms with Crippen LogP contribution in [0.25, 0.3) is 0 Å². The van der Waals surface area contributed by atoms with Gasteiger partial charge in [0.25, 0.3) is 0 Å². The summed E-state index contributed by atoms with van der Waals surface area (Å²) < 4.78 is 0. The van der Waals surface area contributed by atoms with Crippen molar-refractivity contribution in [3.63, 3.8) is 0 Å². The van der Waals surface area contributed by atoms with Gasteiger partial charge in [0.15, 0.2) is 0 Å². The molecule has 0 amide bonds. The van der Waals surface area contributed by atoms with E-state index in [1.54, 1.807) is 12.2 Å². The minimum Gasteiger partial charge on any atom is -0.103 e. The first-order chi connectivity index (χ1) is 5.74. The fraction of sp³-hybridized carbons (Fsp3) is 0.667. The van der Waals surface area contributed by atoms with Crippen LogP contribution in [0.3, 0.4) is 0 Å². The average molecular weight is 172 g/mol. The molecule has 0 aromatic rings. The van der Waals surface area contributed by atoms with Crippen LogP contribution in [-0.4, -0.2) is 0 Å². The van der Waals surface area contributed by atoms with Crippen LogP contribution in [0.1, 0.15) is 54.4 Å². The molecule has 0 N–H and O–H groups in total. The van der Waals surface area contributed by atoms with Gasteiger partial charge in [0.1, 0.15) is 0 Å². The third-order valence-corrected chi connectivity index (χ3v) is 0.500. The number of hydrogen-bond donors (Lipinski definition) is 0. The molecule has 0 radical (unpaired) electrons. The second kappa shape index (κ2) is 77.8. The normalized spacial score (nSPS) is 5.17. The SMILES string of the molecule is C=CC.C=CC.CC.CCCC. The maximum absolute atomic E-state index is 3.36. The van der Waals surface area contributed by atoms with E-state index in [0.717, 1.165) is 0 Å². The molecule has 0 heteroatoms. The van der Waals surface area contributed by atoms with Crippen molar-refractivity contribution in [1.29, 1.82) is 0 Å². The molecular weight excluding hydrogens is 144 g/mol. The molecule has 0 saturated carbocycles. The van der Waals surface area contributed by atoms with Gasteiger partial charge >= 0.3 is 0 Å². The molecular formula is C12H28. The highest BCUT2D eigenvalue weighted by Gasteiger charge is 1.56. The number of hydrogen-bond acceptors (Lipinski definition) is 0. The molecule has 0 aliphatic carbocycles. The summed E-state index contributed by atoms with van der Waals surface area (Å²) in [5, 5.41) is 0. The van der Waals surface area contributed by atoms with E-state index in [2.05, 4.69) is 27.0 Å². The zero-order chi connectivity index (χ0) is 10.8. The first-order valence-corrected chi connectivity index (χ1v) is 4.89. The molecule has 0 aromatic heterocycles. The standard InChI is InChI=1S/C4H10.2C3H6.C2H6/c1-3-4-2;2*1-3-2;1-2/h3-4H2,1-2H3;2*3H,1H2,2H3;1-2H3. The lowest BCUT2D eigenvalue weighted by Crippen LogP contribution is -1.47. The molecule has 0 fully saturated rings. The topological polar surface area (TPSA) is 0 Å². The summed E-state index contributed by atoms with van der Waals surface area (Å²) in [4.78, 5) is 0. The Kier molecular flexibility index (Phi) is 146. The van der Waals surface area contributed by atoms with E-state index in [1.807, 2.05) is 27.7 Å². The highest BCUT2D eigenvalue weighted by atomic mass is 13.6. The number of allylic oxidation sites excluding steroid dienone is 2. The molecule has 0 unspecified atom stereocenters.